The molecule has 1 unspecified atom stereocenters. The highest BCUT2D eigenvalue weighted by molar-refractivity contribution is 6.38. The molecule has 0 aromatic rings. The van der Waals surface area contributed by atoms with Gasteiger partial charge in [0.25, 0.3) is 0 Å². The first kappa shape index (κ1) is 9.30. The molecular weight excluding hydrogens is 128 g/mol. The lowest BCUT2D eigenvalue weighted by atomic mass is 10.1. The minimum atomic E-state index is -0.331. The van der Waals surface area contributed by atoms with E-state index in [1.165, 1.54) is 0 Å². The van der Waals surface area contributed by atoms with Crippen LogP contribution in [0.5, 0.6) is 0 Å². The largest absolute Gasteiger partial charge is 0.327 e. The number of nitrogens with one attached hydrogen (secondary N) is 1. The van der Waals surface area contributed by atoms with Crippen LogP contribution in [0.2, 0.25) is 0 Å². The fourth-order valence-corrected chi connectivity index (χ4v) is 0.589. The molecule has 3 nitrogen and oxygen atoms in total. The van der Waals surface area contributed by atoms with Crippen LogP contribution in [0.25, 0.3) is 0 Å². The summed E-state index contributed by atoms with van der Waals surface area (Å²) in [4.78, 5) is 10.7. The molecule has 0 aromatic heterocycles. The molecule has 3 N–H and O–H groups in total. The molecule has 0 rings (SSSR count). The topological polar surface area (TPSA) is 66.9 Å². The molecule has 0 amide bonds. The zero-order valence-corrected chi connectivity index (χ0v) is 6.18. The molecule has 0 heterocycles. The van der Waals surface area contributed by atoms with Crippen molar-refractivity contribution in [2.45, 2.75) is 25.8 Å². The zero-order chi connectivity index (χ0) is 8.15. The zero-order valence-electron chi connectivity index (χ0n) is 6.18. The fourth-order valence-electron chi connectivity index (χ4n) is 0.589. The highest BCUT2D eigenvalue weighted by atomic mass is 16.1. The van der Waals surface area contributed by atoms with Crippen molar-refractivity contribution >= 4 is 11.5 Å². The molecule has 0 aliphatic rings. The summed E-state index contributed by atoms with van der Waals surface area (Å²) < 4.78 is 0. The van der Waals surface area contributed by atoms with Crippen LogP contribution in [0, 0.1) is 12.3 Å². The van der Waals surface area contributed by atoms with E-state index in [0.29, 0.717) is 6.42 Å². The predicted octanol–water partition coefficient (Wildman–Crippen LogP) is 0.537. The lowest BCUT2D eigenvalue weighted by Crippen LogP contribution is -2.23. The summed E-state index contributed by atoms with van der Waals surface area (Å²) in [6.45, 7) is 5.21. The van der Waals surface area contributed by atoms with Gasteiger partial charge in [0.05, 0.1) is 5.71 Å². The van der Waals surface area contributed by atoms with Crippen molar-refractivity contribution in [3.63, 3.8) is 0 Å². The van der Waals surface area contributed by atoms with Crippen molar-refractivity contribution in [1.82, 2.24) is 0 Å². The van der Waals surface area contributed by atoms with E-state index in [9.17, 15) is 4.79 Å². The van der Waals surface area contributed by atoms with Crippen molar-refractivity contribution in [3.8, 4) is 0 Å². The van der Waals surface area contributed by atoms with Crippen LogP contribution in [-0.4, -0.2) is 17.5 Å². The number of hydrogen-bond donors (Lipinski definition) is 2. The van der Waals surface area contributed by atoms with Crippen molar-refractivity contribution < 1.29 is 4.79 Å². The van der Waals surface area contributed by atoms with Crippen LogP contribution < -0.4 is 5.73 Å². The molecule has 0 saturated carbocycles. The smallest absolute Gasteiger partial charge is 0.176 e. The number of hydrogen-bond acceptors (Lipinski definition) is 3. The van der Waals surface area contributed by atoms with Crippen molar-refractivity contribution in [1.29, 1.82) is 5.41 Å². The Labute approximate surface area is 61.1 Å². The van der Waals surface area contributed by atoms with Gasteiger partial charge in [0, 0.05) is 18.9 Å². The van der Waals surface area contributed by atoms with Crippen molar-refractivity contribution in [2.24, 2.45) is 5.73 Å². The van der Waals surface area contributed by atoms with E-state index in [2.05, 4.69) is 6.92 Å². The van der Waals surface area contributed by atoms with Gasteiger partial charge in [-0.3, -0.25) is 4.79 Å². The Balaban J connectivity index is 3.74. The average Bonchev–Trinajstić information content (AvgIpc) is 1.85. The quantitative estimate of drug-likeness (QED) is 0.561. The number of rotatable bonds is 4. The molecule has 0 bridgehead atoms. The second-order valence-corrected chi connectivity index (χ2v) is 2.22. The van der Waals surface area contributed by atoms with Crippen LogP contribution in [0.3, 0.4) is 0 Å². The maximum atomic E-state index is 10.7. The third-order valence-electron chi connectivity index (χ3n) is 1.12. The second-order valence-electron chi connectivity index (χ2n) is 2.22. The first-order chi connectivity index (χ1) is 4.57. The van der Waals surface area contributed by atoms with Gasteiger partial charge in [-0.05, 0) is 6.92 Å². The first-order valence-corrected chi connectivity index (χ1v) is 3.27. The molecule has 0 aromatic carbocycles. The molecule has 0 fully saturated rings. The molecular formula is C7H13N2O. The number of Topliss-reactive ketones (excluding diaryl/α,β-unsaturated/α-hetero) is 1. The Bertz CT molecular complexity index is 141. The summed E-state index contributed by atoms with van der Waals surface area (Å²) in [5.41, 5.74) is 5.37. The SMILES string of the molecule is [CH2]C(N)CC(=N)C(=O)CC. The fraction of sp³-hybridized carbons (Fsp3) is 0.571. The van der Waals surface area contributed by atoms with Crippen LogP contribution in [0.4, 0.5) is 0 Å². The summed E-state index contributed by atoms with van der Waals surface area (Å²) in [6.07, 6.45) is 0.665. The maximum absolute atomic E-state index is 10.7. The molecule has 0 saturated heterocycles. The third kappa shape index (κ3) is 3.35. The molecule has 10 heavy (non-hydrogen) atoms. The standard InChI is InChI=1S/C7H13N2O/c1-3-7(10)6(9)4-5(2)8/h5,9H,2-4,8H2,1H3. The van der Waals surface area contributed by atoms with Crippen LogP contribution >= 0.6 is 0 Å². The molecule has 57 valence electrons. The van der Waals surface area contributed by atoms with Gasteiger partial charge in [0.15, 0.2) is 5.78 Å². The molecule has 0 aliphatic carbocycles. The molecule has 0 aliphatic heterocycles. The predicted molar refractivity (Wildman–Crippen MR) is 41.0 cm³/mol. The van der Waals surface area contributed by atoms with Crippen molar-refractivity contribution in [2.75, 3.05) is 0 Å². The summed E-state index contributed by atoms with van der Waals surface area (Å²) in [5, 5.41) is 7.16. The van der Waals surface area contributed by atoms with E-state index in [-0.39, 0.29) is 24.0 Å². The van der Waals surface area contributed by atoms with Crippen LogP contribution in [0.15, 0.2) is 0 Å². The summed E-state index contributed by atoms with van der Waals surface area (Å²) >= 11 is 0. The van der Waals surface area contributed by atoms with E-state index >= 15 is 0 Å². The lowest BCUT2D eigenvalue weighted by molar-refractivity contribution is -0.112. The monoisotopic (exact) mass is 141 g/mol. The van der Waals surface area contributed by atoms with E-state index in [1.54, 1.807) is 6.92 Å². The summed E-state index contributed by atoms with van der Waals surface area (Å²) in [7, 11) is 0. The van der Waals surface area contributed by atoms with Gasteiger partial charge >= 0.3 is 0 Å². The van der Waals surface area contributed by atoms with Gasteiger partial charge in [-0.25, -0.2) is 0 Å². The third-order valence-corrected chi connectivity index (χ3v) is 1.12. The lowest BCUT2D eigenvalue weighted by Gasteiger charge is -2.03. The Morgan fingerprint density at radius 1 is 1.80 bits per heavy atom. The highest BCUT2D eigenvalue weighted by Gasteiger charge is 2.07. The van der Waals surface area contributed by atoms with Gasteiger partial charge in [-0.1, -0.05) is 6.92 Å². The van der Waals surface area contributed by atoms with Gasteiger partial charge < -0.3 is 11.1 Å². The molecule has 0 spiro atoms. The molecule has 1 radical (unpaired) electrons. The number of carbonyl (C=O) groups is 1. The highest BCUT2D eigenvalue weighted by Crippen LogP contribution is 1.92. The average molecular weight is 141 g/mol. The maximum Gasteiger partial charge on any atom is 0.176 e. The van der Waals surface area contributed by atoms with Crippen LogP contribution in [-0.2, 0) is 4.79 Å². The number of ketones is 1. The van der Waals surface area contributed by atoms with Gasteiger partial charge in [-0.2, -0.15) is 0 Å². The Hall–Kier alpha value is -0.700. The van der Waals surface area contributed by atoms with Gasteiger partial charge in [0.1, 0.15) is 0 Å². The van der Waals surface area contributed by atoms with E-state index in [4.69, 9.17) is 11.1 Å². The van der Waals surface area contributed by atoms with E-state index < -0.39 is 0 Å². The Morgan fingerprint density at radius 2 is 2.30 bits per heavy atom. The van der Waals surface area contributed by atoms with Crippen molar-refractivity contribution in [3.05, 3.63) is 6.92 Å². The van der Waals surface area contributed by atoms with Gasteiger partial charge in [0.2, 0.25) is 0 Å². The van der Waals surface area contributed by atoms with E-state index in [0.717, 1.165) is 0 Å². The number of carbonyl (C=O) groups excluding carboxylic acids is 1. The molecule has 3 heteroatoms. The normalized spacial score (nSPS) is 12.7. The minimum Gasteiger partial charge on any atom is -0.327 e. The second kappa shape index (κ2) is 4.17. The first-order valence-electron chi connectivity index (χ1n) is 3.27. The summed E-state index contributed by atoms with van der Waals surface area (Å²) in [6, 6.07) is -0.331. The van der Waals surface area contributed by atoms with E-state index in [1.807, 2.05) is 0 Å². The van der Waals surface area contributed by atoms with Gasteiger partial charge in [-0.15, -0.1) is 0 Å². The molecule has 1 atom stereocenters. The van der Waals surface area contributed by atoms with Crippen LogP contribution in [0.1, 0.15) is 19.8 Å². The summed E-state index contributed by atoms with van der Waals surface area (Å²) in [5.74, 6) is -0.140. The Morgan fingerprint density at radius 3 is 2.60 bits per heavy atom. The number of nitrogens with two attached hydrogens (primary N) is 1. The Kier molecular flexibility index (Phi) is 3.88. The minimum absolute atomic E-state index is 0.0880.